The van der Waals surface area contributed by atoms with Gasteiger partial charge < -0.3 is 15.4 Å². The van der Waals surface area contributed by atoms with E-state index in [1.165, 1.54) is 31.2 Å². The molecule has 0 unspecified atom stereocenters. The molecule has 1 amide bonds. The third-order valence-electron chi connectivity index (χ3n) is 5.12. The molecule has 0 aromatic heterocycles. The molecular formula is C24H21N3O6S. The van der Waals surface area contributed by atoms with E-state index < -0.39 is 34.7 Å². The van der Waals surface area contributed by atoms with Crippen molar-refractivity contribution in [1.82, 2.24) is 4.72 Å². The zero-order valence-electron chi connectivity index (χ0n) is 18.1. The SMILES string of the molecule is CC(=O)c1cccc(NC(=O)COC(=O)c2ccc([C@@H]3Nc4ccccc4S(=O)(=O)N3)cc2)c1. The predicted molar refractivity (Wildman–Crippen MR) is 125 cm³/mol. The number of fused-ring (bicyclic) bond motifs is 1. The summed E-state index contributed by atoms with van der Waals surface area (Å²) < 4.78 is 32.6. The third kappa shape index (κ3) is 5.13. The number of ether oxygens (including phenoxy) is 1. The van der Waals surface area contributed by atoms with Gasteiger partial charge in [-0.25, -0.2) is 13.2 Å². The lowest BCUT2D eigenvalue weighted by atomic mass is 10.1. The molecule has 10 heteroatoms. The van der Waals surface area contributed by atoms with E-state index in [0.29, 0.717) is 22.5 Å². The van der Waals surface area contributed by atoms with E-state index in [1.54, 1.807) is 48.5 Å². The Morgan fingerprint density at radius 2 is 1.68 bits per heavy atom. The molecule has 1 atom stereocenters. The van der Waals surface area contributed by atoms with Crippen LogP contribution in [0.5, 0.6) is 0 Å². The second kappa shape index (κ2) is 9.46. The van der Waals surface area contributed by atoms with Crippen LogP contribution in [0.3, 0.4) is 0 Å². The van der Waals surface area contributed by atoms with Crippen molar-refractivity contribution in [3.05, 3.63) is 89.5 Å². The van der Waals surface area contributed by atoms with Crippen molar-refractivity contribution in [3.63, 3.8) is 0 Å². The third-order valence-corrected chi connectivity index (χ3v) is 6.60. The minimum absolute atomic E-state index is 0.133. The van der Waals surface area contributed by atoms with Crippen molar-refractivity contribution in [2.24, 2.45) is 0 Å². The lowest BCUT2D eigenvalue weighted by molar-refractivity contribution is -0.119. The smallest absolute Gasteiger partial charge is 0.338 e. The molecule has 3 aromatic rings. The maximum atomic E-state index is 12.5. The van der Waals surface area contributed by atoms with Gasteiger partial charge in [-0.1, -0.05) is 36.4 Å². The number of carbonyl (C=O) groups is 3. The standard InChI is InChI=1S/C24H21N3O6S/c1-15(28)18-5-4-6-19(13-18)25-22(29)14-33-24(30)17-11-9-16(10-12-17)23-26-20-7-2-3-8-21(20)34(31,32)27-23/h2-13,23,26-27H,14H2,1H3,(H,25,29)/t23-/m1/s1. The van der Waals surface area contributed by atoms with Crippen LogP contribution in [0.15, 0.2) is 77.7 Å². The molecule has 1 aliphatic rings. The van der Waals surface area contributed by atoms with Crippen LogP contribution in [0.25, 0.3) is 0 Å². The van der Waals surface area contributed by atoms with Gasteiger partial charge in [0.25, 0.3) is 5.91 Å². The first-order chi connectivity index (χ1) is 16.2. The van der Waals surface area contributed by atoms with Crippen molar-refractivity contribution >= 4 is 39.1 Å². The van der Waals surface area contributed by atoms with Crippen molar-refractivity contribution < 1.29 is 27.5 Å². The summed E-state index contributed by atoms with van der Waals surface area (Å²) in [7, 11) is -3.68. The van der Waals surface area contributed by atoms with Crippen LogP contribution >= 0.6 is 0 Å². The van der Waals surface area contributed by atoms with E-state index in [9.17, 15) is 22.8 Å². The molecule has 4 rings (SSSR count). The van der Waals surface area contributed by atoms with Gasteiger partial charge in [-0.2, -0.15) is 4.72 Å². The minimum atomic E-state index is -3.68. The first-order valence-corrected chi connectivity index (χ1v) is 11.8. The number of esters is 1. The molecule has 174 valence electrons. The van der Waals surface area contributed by atoms with Crippen molar-refractivity contribution in [2.75, 3.05) is 17.2 Å². The fraction of sp³-hybridized carbons (Fsp3) is 0.125. The maximum Gasteiger partial charge on any atom is 0.338 e. The number of amides is 1. The van der Waals surface area contributed by atoms with Gasteiger partial charge in [-0.3, -0.25) is 9.59 Å². The van der Waals surface area contributed by atoms with Crippen molar-refractivity contribution in [1.29, 1.82) is 0 Å². The average Bonchev–Trinajstić information content (AvgIpc) is 2.82. The van der Waals surface area contributed by atoms with Crippen LogP contribution in [0.1, 0.15) is 39.4 Å². The van der Waals surface area contributed by atoms with E-state index in [0.717, 1.165) is 0 Å². The lowest BCUT2D eigenvalue weighted by Gasteiger charge is -2.28. The second-order valence-corrected chi connectivity index (χ2v) is 9.26. The predicted octanol–water partition coefficient (Wildman–Crippen LogP) is 3.09. The molecule has 34 heavy (non-hydrogen) atoms. The van der Waals surface area contributed by atoms with Crippen LogP contribution in [0.2, 0.25) is 0 Å². The first-order valence-electron chi connectivity index (χ1n) is 10.3. The van der Waals surface area contributed by atoms with E-state index in [2.05, 4.69) is 15.4 Å². The number of benzene rings is 3. The zero-order valence-corrected chi connectivity index (χ0v) is 18.9. The fourth-order valence-electron chi connectivity index (χ4n) is 3.41. The van der Waals surface area contributed by atoms with Gasteiger partial charge in [0, 0.05) is 11.3 Å². The van der Waals surface area contributed by atoms with Crippen LogP contribution in [-0.2, 0) is 19.6 Å². The molecule has 1 heterocycles. The summed E-state index contributed by atoms with van der Waals surface area (Å²) in [6.07, 6.45) is -0.707. The topological polar surface area (TPSA) is 131 Å². The van der Waals surface area contributed by atoms with Gasteiger partial charge in [0.1, 0.15) is 11.1 Å². The number of Topliss-reactive ketones (excluding diaryl/α,β-unsaturated/α-hetero) is 1. The summed E-state index contributed by atoms with van der Waals surface area (Å²) in [6, 6.07) is 19.2. The number of sulfonamides is 1. The molecule has 9 nitrogen and oxygen atoms in total. The van der Waals surface area contributed by atoms with Crippen molar-refractivity contribution in [2.45, 2.75) is 18.0 Å². The largest absolute Gasteiger partial charge is 0.452 e. The molecule has 0 radical (unpaired) electrons. The molecule has 0 saturated heterocycles. The second-order valence-electron chi connectivity index (χ2n) is 7.58. The molecular weight excluding hydrogens is 458 g/mol. The lowest BCUT2D eigenvalue weighted by Crippen LogP contribution is -2.38. The van der Waals surface area contributed by atoms with Gasteiger partial charge in [-0.15, -0.1) is 0 Å². The van der Waals surface area contributed by atoms with Crippen LogP contribution < -0.4 is 15.4 Å². The van der Waals surface area contributed by atoms with E-state index in [1.807, 2.05) is 0 Å². The fourth-order valence-corrected chi connectivity index (χ4v) is 4.72. The Kier molecular flexibility index (Phi) is 6.44. The number of anilines is 2. The number of carbonyl (C=O) groups excluding carboxylic acids is 3. The van der Waals surface area contributed by atoms with E-state index >= 15 is 0 Å². The highest BCUT2D eigenvalue weighted by atomic mass is 32.2. The monoisotopic (exact) mass is 479 g/mol. The molecule has 0 fully saturated rings. The summed E-state index contributed by atoms with van der Waals surface area (Å²) in [5.41, 5.74) is 2.15. The quantitative estimate of drug-likeness (QED) is 0.366. The number of para-hydroxylation sites is 1. The van der Waals surface area contributed by atoms with Gasteiger partial charge in [0.2, 0.25) is 10.0 Å². The average molecular weight is 480 g/mol. The number of hydrogen-bond donors (Lipinski definition) is 3. The molecule has 3 aromatic carbocycles. The van der Waals surface area contributed by atoms with Crippen LogP contribution in [-0.4, -0.2) is 32.7 Å². The number of nitrogens with one attached hydrogen (secondary N) is 3. The first kappa shape index (κ1) is 23.1. The summed E-state index contributed by atoms with van der Waals surface area (Å²) in [5.74, 6) is -1.39. The highest BCUT2D eigenvalue weighted by Crippen LogP contribution is 2.30. The summed E-state index contributed by atoms with van der Waals surface area (Å²) >= 11 is 0. The number of ketones is 1. The van der Waals surface area contributed by atoms with Crippen LogP contribution in [0, 0.1) is 0 Å². The van der Waals surface area contributed by atoms with E-state index in [4.69, 9.17) is 4.74 Å². The molecule has 0 aliphatic carbocycles. The highest BCUT2D eigenvalue weighted by Gasteiger charge is 2.29. The van der Waals surface area contributed by atoms with Gasteiger partial charge in [0.05, 0.1) is 11.3 Å². The van der Waals surface area contributed by atoms with Gasteiger partial charge in [-0.05, 0) is 48.9 Å². The summed E-state index contributed by atoms with van der Waals surface area (Å²) in [4.78, 5) is 36.0. The summed E-state index contributed by atoms with van der Waals surface area (Å²) in [6.45, 7) is 0.915. The number of rotatable bonds is 6. The Bertz CT molecular complexity index is 1370. The maximum absolute atomic E-state index is 12.5. The summed E-state index contributed by atoms with van der Waals surface area (Å²) in [5, 5.41) is 5.68. The normalized spacial score (nSPS) is 16.0. The molecule has 1 aliphatic heterocycles. The Balaban J connectivity index is 1.36. The molecule has 0 bridgehead atoms. The Hall–Kier alpha value is -4.02. The minimum Gasteiger partial charge on any atom is -0.452 e. The van der Waals surface area contributed by atoms with Gasteiger partial charge in [0.15, 0.2) is 12.4 Å². The Morgan fingerprint density at radius 1 is 0.941 bits per heavy atom. The van der Waals surface area contributed by atoms with Crippen molar-refractivity contribution in [3.8, 4) is 0 Å². The van der Waals surface area contributed by atoms with Gasteiger partial charge >= 0.3 is 5.97 Å². The van der Waals surface area contributed by atoms with E-state index in [-0.39, 0.29) is 16.2 Å². The molecule has 0 spiro atoms. The zero-order chi connectivity index (χ0) is 24.3. The highest BCUT2D eigenvalue weighted by molar-refractivity contribution is 7.89. The Morgan fingerprint density at radius 3 is 2.41 bits per heavy atom. The molecule has 3 N–H and O–H groups in total. The molecule has 0 saturated carbocycles. The number of hydrogen-bond acceptors (Lipinski definition) is 7. The Labute approximate surface area is 196 Å². The van der Waals surface area contributed by atoms with Crippen LogP contribution in [0.4, 0.5) is 11.4 Å².